The van der Waals surface area contributed by atoms with Gasteiger partial charge in [-0.05, 0) is 29.3 Å². The summed E-state index contributed by atoms with van der Waals surface area (Å²) in [4.78, 5) is 0. The van der Waals surface area contributed by atoms with Gasteiger partial charge in [0.05, 0.1) is 30.4 Å². The molecular weight excluding hydrogens is 469 g/mol. The van der Waals surface area contributed by atoms with Crippen LogP contribution < -0.4 is 10.6 Å². The van der Waals surface area contributed by atoms with Crippen LogP contribution in [-0.2, 0) is 23.7 Å². The molecule has 1 heterocycles. The number of hydrogen-bond acceptors (Lipinski definition) is 3. The van der Waals surface area contributed by atoms with Crippen LogP contribution in [0.3, 0.4) is 0 Å². The lowest BCUT2D eigenvalue weighted by atomic mass is 9.98. The van der Waals surface area contributed by atoms with Crippen LogP contribution in [-0.4, -0.2) is 25.7 Å². The van der Waals surface area contributed by atoms with Crippen molar-refractivity contribution in [1.82, 2.24) is 10.6 Å². The lowest BCUT2D eigenvalue weighted by Gasteiger charge is -2.34. The molecule has 2 atom stereocenters. The maximum atomic E-state index is 13.0. The Hall–Kier alpha value is -1.52. The van der Waals surface area contributed by atoms with Crippen LogP contribution in [0.5, 0.6) is 0 Å². The molecule has 0 aliphatic carbocycles. The van der Waals surface area contributed by atoms with Crippen LogP contribution in [0, 0.1) is 0 Å². The summed E-state index contributed by atoms with van der Waals surface area (Å²) < 4.78 is 83.3. The van der Waals surface area contributed by atoms with Gasteiger partial charge in [-0.3, -0.25) is 0 Å². The van der Waals surface area contributed by atoms with Crippen molar-refractivity contribution in [3.8, 4) is 0 Å². The van der Waals surface area contributed by atoms with E-state index >= 15 is 0 Å². The quantitative estimate of drug-likeness (QED) is 0.551. The zero-order valence-electron chi connectivity index (χ0n) is 16.1. The molecule has 2 aromatic rings. The van der Waals surface area contributed by atoms with Crippen LogP contribution in [0.15, 0.2) is 48.5 Å². The topological polar surface area (TPSA) is 33.3 Å². The molecule has 2 N–H and O–H groups in total. The number of alkyl halides is 6. The molecule has 1 aliphatic heterocycles. The van der Waals surface area contributed by atoms with Gasteiger partial charge in [0.1, 0.15) is 0 Å². The number of halogens is 8. The maximum Gasteiger partial charge on any atom is 0.416 e. The van der Waals surface area contributed by atoms with E-state index in [9.17, 15) is 26.3 Å². The van der Waals surface area contributed by atoms with Gasteiger partial charge in [0.15, 0.2) is 0 Å². The number of benzene rings is 2. The molecule has 11 heteroatoms. The van der Waals surface area contributed by atoms with E-state index in [0.29, 0.717) is 18.7 Å². The van der Waals surface area contributed by atoms with Crippen molar-refractivity contribution in [2.24, 2.45) is 0 Å². The standard InChI is InChI=1S/C20H20F6N2O.2ClH/c21-19(22,23)15-8-13(9-16(10-15)20(24,25)26)11-29-12-17-18(28-7-6-27-17)14-4-2-1-3-5-14;;/h1-5,8-10,17-18,27-28H,6-7,11-12H2;2*1H/t17-,18+;;/m1../s1. The first-order valence-corrected chi connectivity index (χ1v) is 9.02. The zero-order chi connectivity index (χ0) is 21.1. The van der Waals surface area contributed by atoms with E-state index in [0.717, 1.165) is 12.1 Å². The Morgan fingerprint density at radius 1 is 0.806 bits per heavy atom. The molecule has 0 bridgehead atoms. The van der Waals surface area contributed by atoms with Crippen molar-refractivity contribution in [3.63, 3.8) is 0 Å². The van der Waals surface area contributed by atoms with Gasteiger partial charge in [0.25, 0.3) is 0 Å². The van der Waals surface area contributed by atoms with Crippen LogP contribution in [0.2, 0.25) is 0 Å². The molecule has 0 spiro atoms. The third-order valence-corrected chi connectivity index (χ3v) is 4.67. The fourth-order valence-electron chi connectivity index (χ4n) is 3.32. The van der Waals surface area contributed by atoms with Gasteiger partial charge in [0.2, 0.25) is 0 Å². The Bertz CT molecular complexity index is 785. The molecule has 0 unspecified atom stereocenters. The first-order chi connectivity index (χ1) is 13.6. The van der Waals surface area contributed by atoms with Crippen molar-refractivity contribution in [2.45, 2.75) is 31.0 Å². The molecule has 1 aliphatic rings. The van der Waals surface area contributed by atoms with Crippen LogP contribution in [0.4, 0.5) is 26.3 Å². The molecule has 31 heavy (non-hydrogen) atoms. The van der Waals surface area contributed by atoms with E-state index < -0.39 is 23.5 Å². The Morgan fingerprint density at radius 2 is 1.35 bits per heavy atom. The highest BCUT2D eigenvalue weighted by molar-refractivity contribution is 5.85. The van der Waals surface area contributed by atoms with Crippen molar-refractivity contribution in [2.75, 3.05) is 19.7 Å². The molecular formula is C20H22Cl2F6N2O. The molecule has 174 valence electrons. The molecule has 3 rings (SSSR count). The Morgan fingerprint density at radius 3 is 1.90 bits per heavy atom. The van der Waals surface area contributed by atoms with Crippen LogP contribution in [0.1, 0.15) is 28.3 Å². The summed E-state index contributed by atoms with van der Waals surface area (Å²) in [5.41, 5.74) is -1.84. The summed E-state index contributed by atoms with van der Waals surface area (Å²) in [7, 11) is 0. The van der Waals surface area contributed by atoms with E-state index in [4.69, 9.17) is 4.74 Å². The van der Waals surface area contributed by atoms with Crippen molar-refractivity contribution < 1.29 is 31.1 Å². The molecule has 0 saturated carbocycles. The van der Waals surface area contributed by atoms with Gasteiger partial charge in [-0.2, -0.15) is 26.3 Å². The lowest BCUT2D eigenvalue weighted by molar-refractivity contribution is -0.143. The largest absolute Gasteiger partial charge is 0.416 e. The third-order valence-electron chi connectivity index (χ3n) is 4.67. The average Bonchev–Trinajstić information content (AvgIpc) is 2.67. The van der Waals surface area contributed by atoms with Crippen molar-refractivity contribution in [3.05, 3.63) is 70.8 Å². The fourth-order valence-corrected chi connectivity index (χ4v) is 3.32. The van der Waals surface area contributed by atoms with E-state index in [1.807, 2.05) is 30.3 Å². The SMILES string of the molecule is Cl.Cl.FC(F)(F)c1cc(COC[C@H]2NCCN[C@H]2c2ccccc2)cc(C(F)(F)F)c1. The number of hydrogen-bond donors (Lipinski definition) is 2. The maximum absolute atomic E-state index is 13.0. The number of piperazine rings is 1. The van der Waals surface area contributed by atoms with E-state index in [-0.39, 0.29) is 61.7 Å². The van der Waals surface area contributed by atoms with Gasteiger partial charge < -0.3 is 15.4 Å². The second kappa shape index (κ2) is 11.4. The fraction of sp³-hybridized carbons (Fsp3) is 0.400. The van der Waals surface area contributed by atoms with Gasteiger partial charge in [-0.15, -0.1) is 24.8 Å². The predicted molar refractivity (Wildman–Crippen MR) is 110 cm³/mol. The number of nitrogens with one attached hydrogen (secondary N) is 2. The Balaban J connectivity index is 0.00000240. The first kappa shape index (κ1) is 27.5. The highest BCUT2D eigenvalue weighted by atomic mass is 35.5. The van der Waals surface area contributed by atoms with Gasteiger partial charge in [-0.1, -0.05) is 30.3 Å². The minimum atomic E-state index is -4.87. The average molecular weight is 491 g/mol. The second-order valence-electron chi connectivity index (χ2n) is 6.83. The second-order valence-corrected chi connectivity index (χ2v) is 6.83. The zero-order valence-corrected chi connectivity index (χ0v) is 17.7. The summed E-state index contributed by atoms with van der Waals surface area (Å²) in [5, 5.41) is 6.63. The molecule has 1 saturated heterocycles. The highest BCUT2D eigenvalue weighted by Gasteiger charge is 2.37. The summed E-state index contributed by atoms with van der Waals surface area (Å²) in [6.45, 7) is 1.19. The van der Waals surface area contributed by atoms with E-state index in [1.165, 1.54) is 0 Å². The summed E-state index contributed by atoms with van der Waals surface area (Å²) >= 11 is 0. The third kappa shape index (κ3) is 7.54. The van der Waals surface area contributed by atoms with Gasteiger partial charge >= 0.3 is 12.4 Å². The Kier molecular flexibility index (Phi) is 10.1. The summed E-state index contributed by atoms with van der Waals surface area (Å²) in [6.07, 6.45) is -9.74. The lowest BCUT2D eigenvalue weighted by Crippen LogP contribution is -2.52. The first-order valence-electron chi connectivity index (χ1n) is 9.02. The highest BCUT2D eigenvalue weighted by Crippen LogP contribution is 2.36. The number of ether oxygens (including phenoxy) is 1. The minimum absolute atomic E-state index is 0. The molecule has 0 radical (unpaired) electrons. The summed E-state index contributed by atoms with van der Waals surface area (Å²) in [6, 6.07) is 10.8. The number of rotatable bonds is 5. The monoisotopic (exact) mass is 490 g/mol. The summed E-state index contributed by atoms with van der Waals surface area (Å²) in [5.74, 6) is 0. The molecule has 1 fully saturated rings. The predicted octanol–water partition coefficient (Wildman–Crippen LogP) is 5.39. The molecule has 2 aromatic carbocycles. The molecule has 0 aromatic heterocycles. The van der Waals surface area contributed by atoms with Crippen molar-refractivity contribution >= 4 is 24.8 Å². The smallest absolute Gasteiger partial charge is 0.375 e. The normalized spacial score (nSPS) is 19.3. The Labute approximate surface area is 188 Å². The van der Waals surface area contributed by atoms with E-state index in [1.54, 1.807) is 0 Å². The van der Waals surface area contributed by atoms with Crippen molar-refractivity contribution in [1.29, 1.82) is 0 Å². The molecule has 3 nitrogen and oxygen atoms in total. The molecule has 0 amide bonds. The van der Waals surface area contributed by atoms with Crippen LogP contribution in [0.25, 0.3) is 0 Å². The van der Waals surface area contributed by atoms with Gasteiger partial charge in [-0.25, -0.2) is 0 Å². The minimum Gasteiger partial charge on any atom is -0.375 e. The van der Waals surface area contributed by atoms with E-state index in [2.05, 4.69) is 10.6 Å². The van der Waals surface area contributed by atoms with Crippen LogP contribution >= 0.6 is 24.8 Å². The van der Waals surface area contributed by atoms with Gasteiger partial charge in [0, 0.05) is 19.1 Å².